The predicted octanol–water partition coefficient (Wildman–Crippen LogP) is 4.65. The standard InChI is InChI=1S/C20H18O3/c1-22-19-12-6-2-8-15(19)14-23-20-13-7-4-10-17(20)16-9-3-5-11-18(16)21/h2-13,21H,14H2,1H3. The van der Waals surface area contributed by atoms with Crippen molar-refractivity contribution in [3.63, 3.8) is 0 Å². The number of phenols is 1. The van der Waals surface area contributed by atoms with Gasteiger partial charge in [-0.05, 0) is 18.2 Å². The van der Waals surface area contributed by atoms with Crippen molar-refractivity contribution in [3.05, 3.63) is 78.4 Å². The number of hydrogen-bond acceptors (Lipinski definition) is 3. The fourth-order valence-corrected chi connectivity index (χ4v) is 2.49. The lowest BCUT2D eigenvalue weighted by Crippen LogP contribution is -1.99. The molecule has 0 fully saturated rings. The van der Waals surface area contributed by atoms with Gasteiger partial charge in [-0.1, -0.05) is 54.6 Å². The number of phenolic OH excluding ortho intramolecular Hbond substituents is 1. The molecule has 0 bridgehead atoms. The smallest absolute Gasteiger partial charge is 0.127 e. The van der Waals surface area contributed by atoms with Crippen LogP contribution in [0.4, 0.5) is 0 Å². The Morgan fingerprint density at radius 3 is 2.09 bits per heavy atom. The SMILES string of the molecule is COc1ccccc1COc1ccccc1-c1ccccc1O. The summed E-state index contributed by atoms with van der Waals surface area (Å²) >= 11 is 0. The van der Waals surface area contributed by atoms with Crippen LogP contribution in [0, 0.1) is 0 Å². The summed E-state index contributed by atoms with van der Waals surface area (Å²) in [4.78, 5) is 0. The number of hydrogen-bond donors (Lipinski definition) is 1. The molecule has 3 rings (SSSR count). The molecule has 1 N–H and O–H groups in total. The van der Waals surface area contributed by atoms with Gasteiger partial charge in [-0.3, -0.25) is 0 Å². The number of aromatic hydroxyl groups is 1. The van der Waals surface area contributed by atoms with Gasteiger partial charge in [0.15, 0.2) is 0 Å². The molecule has 0 saturated carbocycles. The van der Waals surface area contributed by atoms with Crippen molar-refractivity contribution < 1.29 is 14.6 Å². The Kier molecular flexibility index (Phi) is 4.48. The zero-order chi connectivity index (χ0) is 16.1. The first kappa shape index (κ1) is 15.0. The fourth-order valence-electron chi connectivity index (χ4n) is 2.49. The second kappa shape index (κ2) is 6.88. The van der Waals surface area contributed by atoms with Gasteiger partial charge in [-0.2, -0.15) is 0 Å². The van der Waals surface area contributed by atoms with Crippen LogP contribution in [0.15, 0.2) is 72.8 Å². The van der Waals surface area contributed by atoms with Gasteiger partial charge in [0.1, 0.15) is 23.9 Å². The molecule has 3 aromatic rings. The molecule has 116 valence electrons. The molecule has 0 aliphatic heterocycles. The molecule has 0 spiro atoms. The minimum absolute atomic E-state index is 0.237. The molecule has 0 radical (unpaired) electrons. The van der Waals surface area contributed by atoms with Crippen LogP contribution in [0.1, 0.15) is 5.56 Å². The van der Waals surface area contributed by atoms with E-state index in [-0.39, 0.29) is 5.75 Å². The van der Waals surface area contributed by atoms with Gasteiger partial charge >= 0.3 is 0 Å². The second-order valence-corrected chi connectivity index (χ2v) is 5.11. The molecule has 3 heteroatoms. The molecule has 0 unspecified atom stereocenters. The summed E-state index contributed by atoms with van der Waals surface area (Å²) in [6.45, 7) is 0.397. The van der Waals surface area contributed by atoms with Gasteiger partial charge < -0.3 is 14.6 Å². The van der Waals surface area contributed by atoms with E-state index in [9.17, 15) is 5.11 Å². The van der Waals surface area contributed by atoms with Gasteiger partial charge in [0, 0.05) is 16.7 Å². The lowest BCUT2D eigenvalue weighted by Gasteiger charge is -2.14. The van der Waals surface area contributed by atoms with Gasteiger partial charge in [0.25, 0.3) is 0 Å². The summed E-state index contributed by atoms with van der Waals surface area (Å²) in [7, 11) is 1.65. The minimum atomic E-state index is 0.237. The van der Waals surface area contributed by atoms with Crippen molar-refractivity contribution in [2.45, 2.75) is 6.61 Å². The molecule has 23 heavy (non-hydrogen) atoms. The molecule has 0 saturated heterocycles. The highest BCUT2D eigenvalue weighted by Gasteiger charge is 2.10. The third-order valence-corrected chi connectivity index (χ3v) is 3.66. The fraction of sp³-hybridized carbons (Fsp3) is 0.100. The summed E-state index contributed by atoms with van der Waals surface area (Å²) in [6, 6.07) is 22.7. The average Bonchev–Trinajstić information content (AvgIpc) is 2.61. The third kappa shape index (κ3) is 3.29. The molecule has 0 atom stereocenters. The van der Waals surface area contributed by atoms with Crippen LogP contribution in [0.3, 0.4) is 0 Å². The summed E-state index contributed by atoms with van der Waals surface area (Å²) < 4.78 is 11.3. The van der Waals surface area contributed by atoms with E-state index in [2.05, 4.69) is 0 Å². The Hall–Kier alpha value is -2.94. The maximum atomic E-state index is 10.1. The topological polar surface area (TPSA) is 38.7 Å². The number of ether oxygens (including phenoxy) is 2. The summed E-state index contributed by atoms with van der Waals surface area (Å²) in [5.74, 6) is 1.76. The van der Waals surface area contributed by atoms with Crippen LogP contribution in [0.2, 0.25) is 0 Å². The molecule has 3 nitrogen and oxygen atoms in total. The van der Waals surface area contributed by atoms with Crippen LogP contribution in [0.5, 0.6) is 17.2 Å². The molecule has 0 amide bonds. The number of rotatable bonds is 5. The monoisotopic (exact) mass is 306 g/mol. The van der Waals surface area contributed by atoms with E-state index >= 15 is 0 Å². The largest absolute Gasteiger partial charge is 0.507 e. The van der Waals surface area contributed by atoms with Gasteiger partial charge in [-0.25, -0.2) is 0 Å². The number of benzene rings is 3. The van der Waals surface area contributed by atoms with Crippen LogP contribution in [-0.4, -0.2) is 12.2 Å². The third-order valence-electron chi connectivity index (χ3n) is 3.66. The molecule has 0 aromatic heterocycles. The van der Waals surface area contributed by atoms with E-state index in [1.165, 1.54) is 0 Å². The summed E-state index contributed by atoms with van der Waals surface area (Å²) in [6.07, 6.45) is 0. The first-order valence-electron chi connectivity index (χ1n) is 7.41. The highest BCUT2D eigenvalue weighted by atomic mass is 16.5. The van der Waals surface area contributed by atoms with Crippen molar-refractivity contribution >= 4 is 0 Å². The number of methoxy groups -OCH3 is 1. The molecule has 0 aliphatic carbocycles. The molecule has 0 aliphatic rings. The zero-order valence-electron chi connectivity index (χ0n) is 12.9. The average molecular weight is 306 g/mol. The molecule has 3 aromatic carbocycles. The highest BCUT2D eigenvalue weighted by molar-refractivity contribution is 5.75. The van der Waals surface area contributed by atoms with E-state index in [0.717, 1.165) is 28.2 Å². The van der Waals surface area contributed by atoms with Crippen molar-refractivity contribution in [2.24, 2.45) is 0 Å². The van der Waals surface area contributed by atoms with Gasteiger partial charge in [0.2, 0.25) is 0 Å². The van der Waals surface area contributed by atoms with Gasteiger partial charge in [0.05, 0.1) is 7.11 Å². The van der Waals surface area contributed by atoms with Crippen molar-refractivity contribution in [1.82, 2.24) is 0 Å². The van der Waals surface area contributed by atoms with E-state index in [4.69, 9.17) is 9.47 Å². The van der Waals surface area contributed by atoms with Crippen LogP contribution < -0.4 is 9.47 Å². The molecular weight excluding hydrogens is 288 g/mol. The van der Waals surface area contributed by atoms with E-state index in [1.54, 1.807) is 19.2 Å². The summed E-state index contributed by atoms with van der Waals surface area (Å²) in [5, 5.41) is 10.1. The molecular formula is C20H18O3. The maximum absolute atomic E-state index is 10.1. The predicted molar refractivity (Wildman–Crippen MR) is 90.9 cm³/mol. The first-order valence-corrected chi connectivity index (χ1v) is 7.41. The Morgan fingerprint density at radius 1 is 0.739 bits per heavy atom. The van der Waals surface area contributed by atoms with E-state index in [0.29, 0.717) is 6.61 Å². The highest BCUT2D eigenvalue weighted by Crippen LogP contribution is 2.36. The second-order valence-electron chi connectivity index (χ2n) is 5.11. The zero-order valence-corrected chi connectivity index (χ0v) is 12.9. The Labute approximate surface area is 135 Å². The maximum Gasteiger partial charge on any atom is 0.127 e. The summed E-state index contributed by atoms with van der Waals surface area (Å²) in [5.41, 5.74) is 2.59. The van der Waals surface area contributed by atoms with Crippen LogP contribution in [0.25, 0.3) is 11.1 Å². The Morgan fingerprint density at radius 2 is 1.35 bits per heavy atom. The number of para-hydroxylation sites is 3. The van der Waals surface area contributed by atoms with E-state index in [1.807, 2.05) is 60.7 Å². The molecule has 0 heterocycles. The lowest BCUT2D eigenvalue weighted by atomic mass is 10.0. The van der Waals surface area contributed by atoms with Crippen molar-refractivity contribution in [2.75, 3.05) is 7.11 Å². The lowest BCUT2D eigenvalue weighted by molar-refractivity contribution is 0.297. The van der Waals surface area contributed by atoms with Crippen molar-refractivity contribution in [3.8, 4) is 28.4 Å². The van der Waals surface area contributed by atoms with E-state index < -0.39 is 0 Å². The first-order chi connectivity index (χ1) is 11.3. The Bertz CT molecular complexity index is 796. The van der Waals surface area contributed by atoms with Gasteiger partial charge in [-0.15, -0.1) is 0 Å². The van der Waals surface area contributed by atoms with Crippen molar-refractivity contribution in [1.29, 1.82) is 0 Å². The van der Waals surface area contributed by atoms with Crippen LogP contribution >= 0.6 is 0 Å². The minimum Gasteiger partial charge on any atom is -0.507 e. The normalized spacial score (nSPS) is 10.3. The Balaban J connectivity index is 1.89. The van der Waals surface area contributed by atoms with Crippen LogP contribution in [-0.2, 0) is 6.61 Å². The quantitative estimate of drug-likeness (QED) is 0.746.